The molecule has 21 heavy (non-hydrogen) atoms. The Kier molecular flexibility index (Phi) is 4.49. The average molecular weight is 298 g/mol. The van der Waals surface area contributed by atoms with Gasteiger partial charge in [0.25, 0.3) is 0 Å². The van der Waals surface area contributed by atoms with Crippen LogP contribution in [-0.4, -0.2) is 25.0 Å². The quantitative estimate of drug-likeness (QED) is 0.928. The lowest BCUT2D eigenvalue weighted by Gasteiger charge is -2.33. The number of hydrogen-bond acceptors (Lipinski definition) is 3. The van der Waals surface area contributed by atoms with Crippen molar-refractivity contribution in [3.05, 3.63) is 47.7 Å². The molecule has 1 heterocycles. The monoisotopic (exact) mass is 298 g/mol. The predicted octanol–water partition coefficient (Wildman–Crippen LogP) is 3.17. The summed E-state index contributed by atoms with van der Waals surface area (Å²) >= 11 is 0. The molecule has 0 amide bonds. The van der Waals surface area contributed by atoms with Crippen LogP contribution in [0.4, 0.5) is 13.2 Å². The molecule has 0 aromatic heterocycles. The van der Waals surface area contributed by atoms with Gasteiger partial charge in [0.1, 0.15) is 12.2 Å². The maximum Gasteiger partial charge on any atom is 0.411 e. The maximum absolute atomic E-state index is 12.5. The van der Waals surface area contributed by atoms with Crippen LogP contribution in [0.15, 0.2) is 47.1 Å². The zero-order chi connectivity index (χ0) is 15.5. The van der Waals surface area contributed by atoms with E-state index in [1.54, 1.807) is 43.3 Å². The molecule has 1 unspecified atom stereocenters. The molecule has 114 valence electrons. The van der Waals surface area contributed by atoms with Gasteiger partial charge >= 0.3 is 6.18 Å². The number of benzene rings is 1. The first-order valence-corrected chi connectivity index (χ1v) is 6.59. The largest absolute Gasteiger partial charge is 0.411 e. The van der Waals surface area contributed by atoms with E-state index in [1.807, 2.05) is 0 Å². The Morgan fingerprint density at radius 3 is 2.48 bits per heavy atom. The Morgan fingerprint density at radius 1 is 1.33 bits per heavy atom. The summed E-state index contributed by atoms with van der Waals surface area (Å²) in [5, 5.41) is 0. The second kappa shape index (κ2) is 5.99. The standard InChI is InChI=1S/C15H17F3N2O/c1-11(19)13-7-8-14(9-20-13,21-10-15(16,17)18)12-5-3-2-4-6-12/h2-7,9,11H,8,10,19H2,1H3/t11-,14?/m1/s1. The highest BCUT2D eigenvalue weighted by atomic mass is 19.4. The van der Waals surface area contributed by atoms with E-state index in [0.29, 0.717) is 11.3 Å². The smallest absolute Gasteiger partial charge is 0.355 e. The van der Waals surface area contributed by atoms with Crippen LogP contribution in [0.1, 0.15) is 18.9 Å². The van der Waals surface area contributed by atoms with Gasteiger partial charge in [0.2, 0.25) is 0 Å². The summed E-state index contributed by atoms with van der Waals surface area (Å²) in [5.41, 5.74) is 5.82. The van der Waals surface area contributed by atoms with Crippen LogP contribution < -0.4 is 5.73 Å². The van der Waals surface area contributed by atoms with Gasteiger partial charge in [-0.05, 0) is 12.5 Å². The number of aliphatic imine (C=N–C) groups is 1. The third kappa shape index (κ3) is 3.92. The number of hydrogen-bond donors (Lipinski definition) is 1. The first-order chi connectivity index (χ1) is 9.82. The summed E-state index contributed by atoms with van der Waals surface area (Å²) in [6.45, 7) is 0.449. The second-order valence-corrected chi connectivity index (χ2v) is 5.04. The van der Waals surface area contributed by atoms with E-state index in [0.717, 1.165) is 0 Å². The van der Waals surface area contributed by atoms with E-state index >= 15 is 0 Å². The predicted molar refractivity (Wildman–Crippen MR) is 75.0 cm³/mol. The fraction of sp³-hybridized carbons (Fsp3) is 0.400. The number of rotatable bonds is 4. The minimum Gasteiger partial charge on any atom is -0.355 e. The molecule has 0 radical (unpaired) electrons. The van der Waals surface area contributed by atoms with E-state index in [9.17, 15) is 13.2 Å². The lowest BCUT2D eigenvalue weighted by molar-refractivity contribution is -0.194. The Bertz CT molecular complexity index is 538. The van der Waals surface area contributed by atoms with Gasteiger partial charge in [-0.1, -0.05) is 36.4 Å². The van der Waals surface area contributed by atoms with Crippen molar-refractivity contribution in [1.29, 1.82) is 0 Å². The zero-order valence-electron chi connectivity index (χ0n) is 11.6. The first-order valence-electron chi connectivity index (χ1n) is 6.59. The summed E-state index contributed by atoms with van der Waals surface area (Å²) in [5.74, 6) is 0. The van der Waals surface area contributed by atoms with Crippen molar-refractivity contribution in [2.45, 2.75) is 31.2 Å². The van der Waals surface area contributed by atoms with Gasteiger partial charge in [0.05, 0.1) is 5.70 Å². The zero-order valence-corrected chi connectivity index (χ0v) is 11.6. The molecule has 1 aliphatic heterocycles. The summed E-state index contributed by atoms with van der Waals surface area (Å²) in [4.78, 5) is 4.18. The van der Waals surface area contributed by atoms with Gasteiger partial charge in [-0.2, -0.15) is 13.2 Å². The summed E-state index contributed by atoms with van der Waals surface area (Å²) in [6.07, 6.45) is -0.963. The van der Waals surface area contributed by atoms with Crippen LogP contribution in [0.25, 0.3) is 0 Å². The lowest BCUT2D eigenvalue weighted by Crippen LogP contribution is -2.37. The third-order valence-electron chi connectivity index (χ3n) is 3.26. The van der Waals surface area contributed by atoms with Crippen molar-refractivity contribution in [1.82, 2.24) is 0 Å². The van der Waals surface area contributed by atoms with Crippen LogP contribution in [0.2, 0.25) is 0 Å². The normalized spacial score (nSPS) is 23.8. The lowest BCUT2D eigenvalue weighted by atomic mass is 9.88. The molecule has 0 fully saturated rings. The third-order valence-corrected chi connectivity index (χ3v) is 3.26. The van der Waals surface area contributed by atoms with Crippen LogP contribution >= 0.6 is 0 Å². The molecule has 2 N–H and O–H groups in total. The second-order valence-electron chi connectivity index (χ2n) is 5.04. The molecule has 0 bridgehead atoms. The number of halogens is 3. The number of nitrogens with zero attached hydrogens (tertiary/aromatic N) is 1. The van der Waals surface area contributed by atoms with Crippen molar-refractivity contribution in [2.75, 3.05) is 6.61 Å². The van der Waals surface area contributed by atoms with Crippen molar-refractivity contribution in [3.63, 3.8) is 0 Å². The molecule has 1 aromatic rings. The molecule has 0 spiro atoms. The minimum atomic E-state index is -4.39. The van der Waals surface area contributed by atoms with Gasteiger partial charge in [0.15, 0.2) is 0 Å². The van der Waals surface area contributed by atoms with Gasteiger partial charge in [-0.3, -0.25) is 4.99 Å². The first kappa shape index (κ1) is 15.7. The SMILES string of the molecule is C[C@@H](N)C1=CCC(OCC(F)(F)F)(c2ccccc2)C=N1. The summed E-state index contributed by atoms with van der Waals surface area (Å²) in [6, 6.07) is 8.50. The highest BCUT2D eigenvalue weighted by Gasteiger charge is 2.38. The molecule has 1 aliphatic rings. The summed E-state index contributed by atoms with van der Waals surface area (Å²) in [7, 11) is 0. The highest BCUT2D eigenvalue weighted by molar-refractivity contribution is 5.74. The van der Waals surface area contributed by atoms with Gasteiger partial charge in [-0.15, -0.1) is 0 Å². The highest BCUT2D eigenvalue weighted by Crippen LogP contribution is 2.34. The number of alkyl halides is 3. The molecule has 3 nitrogen and oxygen atoms in total. The van der Waals surface area contributed by atoms with Crippen molar-refractivity contribution in [3.8, 4) is 0 Å². The average Bonchev–Trinajstić information content (AvgIpc) is 2.46. The van der Waals surface area contributed by atoms with Crippen molar-refractivity contribution in [2.24, 2.45) is 10.7 Å². The Morgan fingerprint density at radius 2 is 2.00 bits per heavy atom. The molecular formula is C15H17F3N2O. The van der Waals surface area contributed by atoms with E-state index in [-0.39, 0.29) is 12.5 Å². The fourth-order valence-electron chi connectivity index (χ4n) is 2.15. The van der Waals surface area contributed by atoms with Gasteiger partial charge in [-0.25, -0.2) is 0 Å². The van der Waals surface area contributed by atoms with Crippen LogP contribution in [0.5, 0.6) is 0 Å². The topological polar surface area (TPSA) is 47.6 Å². The molecule has 6 heteroatoms. The van der Waals surface area contributed by atoms with Crippen molar-refractivity contribution >= 4 is 6.21 Å². The van der Waals surface area contributed by atoms with E-state index in [1.165, 1.54) is 6.21 Å². The van der Waals surface area contributed by atoms with Crippen LogP contribution in [0.3, 0.4) is 0 Å². The molecule has 0 aliphatic carbocycles. The molecular weight excluding hydrogens is 281 g/mol. The molecule has 0 saturated carbocycles. The van der Waals surface area contributed by atoms with Gasteiger partial charge in [0, 0.05) is 18.7 Å². The minimum absolute atomic E-state index is 0.266. The van der Waals surface area contributed by atoms with E-state index < -0.39 is 18.4 Å². The Balaban J connectivity index is 2.28. The maximum atomic E-state index is 12.5. The number of nitrogens with two attached hydrogens (primary N) is 1. The Hall–Kier alpha value is -1.66. The van der Waals surface area contributed by atoms with E-state index in [4.69, 9.17) is 10.5 Å². The molecule has 1 aromatic carbocycles. The van der Waals surface area contributed by atoms with Crippen LogP contribution in [-0.2, 0) is 10.3 Å². The number of ether oxygens (including phenoxy) is 1. The Labute approximate surface area is 121 Å². The fourth-order valence-corrected chi connectivity index (χ4v) is 2.15. The van der Waals surface area contributed by atoms with Crippen molar-refractivity contribution < 1.29 is 17.9 Å². The van der Waals surface area contributed by atoms with Crippen LogP contribution in [0, 0.1) is 0 Å². The summed E-state index contributed by atoms with van der Waals surface area (Å²) < 4.78 is 42.7. The molecule has 2 rings (SSSR count). The molecule has 2 atom stereocenters. The van der Waals surface area contributed by atoms with E-state index in [2.05, 4.69) is 4.99 Å². The van der Waals surface area contributed by atoms with Gasteiger partial charge < -0.3 is 10.5 Å². The molecule has 0 saturated heterocycles.